The highest BCUT2D eigenvalue weighted by molar-refractivity contribution is 4.77. The summed E-state index contributed by atoms with van der Waals surface area (Å²) >= 11 is 0. The minimum atomic E-state index is 0.527. The summed E-state index contributed by atoms with van der Waals surface area (Å²) in [7, 11) is 0. The van der Waals surface area contributed by atoms with Crippen LogP contribution in [0.1, 0.15) is 78.6 Å². The molecule has 0 bridgehead atoms. The lowest BCUT2D eigenvalue weighted by Gasteiger charge is -2.36. The van der Waals surface area contributed by atoms with Gasteiger partial charge in [0, 0.05) is 6.54 Å². The average Bonchev–Trinajstić information content (AvgIpc) is 2.38. The quantitative estimate of drug-likeness (QED) is 0.683. The second-order valence-corrected chi connectivity index (χ2v) is 8.35. The fraction of sp³-hybridized carbons (Fsp3) is 1.00. The molecule has 0 atom stereocenters. The first-order valence-electron chi connectivity index (χ1n) is 8.75. The van der Waals surface area contributed by atoms with Crippen LogP contribution in [0, 0.1) is 17.3 Å². The normalized spacial score (nSPS) is 24.8. The van der Waals surface area contributed by atoms with Gasteiger partial charge < -0.3 is 4.90 Å². The van der Waals surface area contributed by atoms with E-state index in [0.29, 0.717) is 5.41 Å². The van der Waals surface area contributed by atoms with Crippen molar-refractivity contribution in [2.24, 2.45) is 17.3 Å². The van der Waals surface area contributed by atoms with Gasteiger partial charge in [0.05, 0.1) is 0 Å². The smallest absolute Gasteiger partial charge is 0.000966 e. The first-order chi connectivity index (χ1) is 9.03. The summed E-state index contributed by atoms with van der Waals surface area (Å²) in [5.74, 6) is 2.04. The van der Waals surface area contributed by atoms with Crippen LogP contribution in [0.5, 0.6) is 0 Å². The molecule has 19 heavy (non-hydrogen) atoms. The van der Waals surface area contributed by atoms with E-state index in [9.17, 15) is 0 Å². The Labute approximate surface area is 121 Å². The Kier molecular flexibility index (Phi) is 5.74. The van der Waals surface area contributed by atoms with Crippen molar-refractivity contribution in [1.29, 1.82) is 0 Å². The van der Waals surface area contributed by atoms with Gasteiger partial charge in [0.25, 0.3) is 0 Å². The SMILES string of the molecule is CC(C)(C)CCC1CCN(CC2CCCCC2)CC1. The molecule has 1 nitrogen and oxygen atoms in total. The highest BCUT2D eigenvalue weighted by Gasteiger charge is 2.23. The number of hydrogen-bond acceptors (Lipinski definition) is 1. The fourth-order valence-corrected chi connectivity index (χ4v) is 3.83. The van der Waals surface area contributed by atoms with Crippen LogP contribution in [-0.4, -0.2) is 24.5 Å². The van der Waals surface area contributed by atoms with Crippen LogP contribution in [-0.2, 0) is 0 Å². The zero-order chi connectivity index (χ0) is 13.7. The molecule has 1 heteroatoms. The zero-order valence-electron chi connectivity index (χ0n) is 13.6. The topological polar surface area (TPSA) is 3.24 Å². The third-order valence-corrected chi connectivity index (χ3v) is 5.25. The van der Waals surface area contributed by atoms with E-state index in [1.165, 1.54) is 77.4 Å². The molecule has 0 N–H and O–H groups in total. The van der Waals surface area contributed by atoms with Crippen molar-refractivity contribution in [3.05, 3.63) is 0 Å². The summed E-state index contributed by atoms with van der Waals surface area (Å²) in [6, 6.07) is 0. The molecule has 112 valence electrons. The van der Waals surface area contributed by atoms with Crippen LogP contribution in [0.2, 0.25) is 0 Å². The molecule has 2 rings (SSSR count). The molecule has 2 aliphatic rings. The first kappa shape index (κ1) is 15.4. The molecular weight excluding hydrogens is 230 g/mol. The van der Waals surface area contributed by atoms with E-state index in [0.717, 1.165) is 11.8 Å². The van der Waals surface area contributed by atoms with Gasteiger partial charge in [-0.1, -0.05) is 40.0 Å². The summed E-state index contributed by atoms with van der Waals surface area (Å²) in [5.41, 5.74) is 0.527. The largest absolute Gasteiger partial charge is 0.303 e. The van der Waals surface area contributed by atoms with Crippen LogP contribution in [0.15, 0.2) is 0 Å². The van der Waals surface area contributed by atoms with Gasteiger partial charge in [0.1, 0.15) is 0 Å². The number of nitrogens with zero attached hydrogens (tertiary/aromatic N) is 1. The van der Waals surface area contributed by atoms with Crippen molar-refractivity contribution in [3.8, 4) is 0 Å². The molecule has 1 aliphatic carbocycles. The number of piperidine rings is 1. The van der Waals surface area contributed by atoms with Gasteiger partial charge in [-0.25, -0.2) is 0 Å². The van der Waals surface area contributed by atoms with Gasteiger partial charge in [-0.05, 0) is 68.9 Å². The molecule has 0 aromatic rings. The maximum absolute atomic E-state index is 2.77. The van der Waals surface area contributed by atoms with Gasteiger partial charge in [-0.15, -0.1) is 0 Å². The van der Waals surface area contributed by atoms with Gasteiger partial charge in [0.15, 0.2) is 0 Å². The molecule has 2 fully saturated rings. The second kappa shape index (κ2) is 7.11. The van der Waals surface area contributed by atoms with E-state index in [-0.39, 0.29) is 0 Å². The number of hydrogen-bond donors (Lipinski definition) is 0. The van der Waals surface area contributed by atoms with Crippen LogP contribution >= 0.6 is 0 Å². The molecular formula is C18H35N. The summed E-state index contributed by atoms with van der Waals surface area (Å²) < 4.78 is 0. The average molecular weight is 265 g/mol. The van der Waals surface area contributed by atoms with Crippen molar-refractivity contribution in [2.45, 2.75) is 78.6 Å². The summed E-state index contributed by atoms with van der Waals surface area (Å²) in [5, 5.41) is 0. The third-order valence-electron chi connectivity index (χ3n) is 5.25. The van der Waals surface area contributed by atoms with Gasteiger partial charge in [-0.2, -0.15) is 0 Å². The van der Waals surface area contributed by atoms with Gasteiger partial charge in [0.2, 0.25) is 0 Å². The molecule has 1 saturated heterocycles. The third kappa shape index (κ3) is 5.85. The molecule has 0 amide bonds. The monoisotopic (exact) mass is 265 g/mol. The Morgan fingerprint density at radius 1 is 0.842 bits per heavy atom. The Bertz CT molecular complexity index is 239. The van der Waals surface area contributed by atoms with E-state index >= 15 is 0 Å². The van der Waals surface area contributed by atoms with Crippen LogP contribution < -0.4 is 0 Å². The molecule has 0 spiro atoms. The van der Waals surface area contributed by atoms with E-state index in [4.69, 9.17) is 0 Å². The molecule has 1 aliphatic heterocycles. The minimum Gasteiger partial charge on any atom is -0.303 e. The highest BCUT2D eigenvalue weighted by atomic mass is 15.1. The maximum Gasteiger partial charge on any atom is 0.000966 e. The predicted octanol–water partition coefficient (Wildman–Crippen LogP) is 5.11. The Morgan fingerprint density at radius 3 is 2.05 bits per heavy atom. The van der Waals surface area contributed by atoms with Gasteiger partial charge >= 0.3 is 0 Å². The standard InChI is InChI=1S/C18H35N/c1-18(2,3)12-9-16-10-13-19(14-11-16)15-17-7-5-4-6-8-17/h16-17H,4-15H2,1-3H3. The lowest BCUT2D eigenvalue weighted by molar-refractivity contribution is 0.136. The zero-order valence-corrected chi connectivity index (χ0v) is 13.6. The van der Waals surface area contributed by atoms with Crippen LogP contribution in [0.3, 0.4) is 0 Å². The number of likely N-dealkylation sites (tertiary alicyclic amines) is 1. The minimum absolute atomic E-state index is 0.527. The maximum atomic E-state index is 2.77. The molecule has 0 aromatic carbocycles. The molecule has 1 heterocycles. The van der Waals surface area contributed by atoms with Crippen molar-refractivity contribution in [2.75, 3.05) is 19.6 Å². The van der Waals surface area contributed by atoms with E-state index < -0.39 is 0 Å². The Morgan fingerprint density at radius 2 is 1.47 bits per heavy atom. The number of rotatable bonds is 4. The van der Waals surface area contributed by atoms with Crippen LogP contribution in [0.4, 0.5) is 0 Å². The van der Waals surface area contributed by atoms with Crippen molar-refractivity contribution >= 4 is 0 Å². The van der Waals surface area contributed by atoms with Gasteiger partial charge in [-0.3, -0.25) is 0 Å². The van der Waals surface area contributed by atoms with Crippen molar-refractivity contribution in [3.63, 3.8) is 0 Å². The Hall–Kier alpha value is -0.0400. The molecule has 1 saturated carbocycles. The van der Waals surface area contributed by atoms with Crippen molar-refractivity contribution < 1.29 is 0 Å². The predicted molar refractivity (Wildman–Crippen MR) is 84.4 cm³/mol. The lowest BCUT2D eigenvalue weighted by Crippen LogP contribution is -2.37. The lowest BCUT2D eigenvalue weighted by atomic mass is 9.83. The summed E-state index contributed by atoms with van der Waals surface area (Å²) in [6.45, 7) is 11.3. The van der Waals surface area contributed by atoms with E-state index in [1.807, 2.05) is 0 Å². The summed E-state index contributed by atoms with van der Waals surface area (Å²) in [4.78, 5) is 2.77. The van der Waals surface area contributed by atoms with Crippen LogP contribution in [0.25, 0.3) is 0 Å². The molecule has 0 aromatic heterocycles. The van der Waals surface area contributed by atoms with E-state index in [2.05, 4.69) is 25.7 Å². The highest BCUT2D eigenvalue weighted by Crippen LogP contribution is 2.30. The Balaban J connectivity index is 1.62. The van der Waals surface area contributed by atoms with E-state index in [1.54, 1.807) is 0 Å². The fourth-order valence-electron chi connectivity index (χ4n) is 3.83. The second-order valence-electron chi connectivity index (χ2n) is 8.35. The first-order valence-corrected chi connectivity index (χ1v) is 8.75. The van der Waals surface area contributed by atoms with Crippen molar-refractivity contribution in [1.82, 2.24) is 4.90 Å². The molecule has 0 radical (unpaired) electrons. The molecule has 0 unspecified atom stereocenters. The summed E-state index contributed by atoms with van der Waals surface area (Å²) in [6.07, 6.45) is 13.3.